The highest BCUT2D eigenvalue weighted by molar-refractivity contribution is 6.45. The van der Waals surface area contributed by atoms with Crippen molar-refractivity contribution in [3.8, 4) is 11.1 Å². The maximum atomic E-state index is 6.24. The molecular weight excluding hydrogens is 343 g/mol. The maximum Gasteiger partial charge on any atom is 0.225 e. The van der Waals surface area contributed by atoms with Crippen molar-refractivity contribution in [3.05, 3.63) is 39.6 Å². The van der Waals surface area contributed by atoms with Crippen LogP contribution >= 0.6 is 34.8 Å². The molecule has 116 valence electrons. The molecule has 0 unspecified atom stereocenters. The van der Waals surface area contributed by atoms with Gasteiger partial charge in [-0.1, -0.05) is 34.8 Å². The summed E-state index contributed by atoms with van der Waals surface area (Å²) in [5, 5.41) is 1.42. The zero-order chi connectivity index (χ0) is 15.7. The van der Waals surface area contributed by atoms with Crippen LogP contribution in [0, 0.1) is 0 Å². The molecule has 0 atom stereocenters. The lowest BCUT2D eigenvalue weighted by Gasteiger charge is -2.32. The van der Waals surface area contributed by atoms with Gasteiger partial charge in [0, 0.05) is 54.7 Å². The second-order valence-electron chi connectivity index (χ2n) is 5.31. The number of benzene rings is 1. The fourth-order valence-electron chi connectivity index (χ4n) is 2.40. The number of anilines is 1. The quantitative estimate of drug-likeness (QED) is 0.764. The van der Waals surface area contributed by atoms with Crippen LogP contribution in [0.15, 0.2) is 24.5 Å². The summed E-state index contributed by atoms with van der Waals surface area (Å²) in [4.78, 5) is 13.4. The standard InChI is InChI=1S/C15H15Cl3N4/c1-21-2-4-22(5-3-21)15-19-8-10(9-20-15)12-6-11(16)7-13(17)14(12)18/h6-9H,2-5H2,1H3. The van der Waals surface area contributed by atoms with E-state index in [1.807, 2.05) is 0 Å². The summed E-state index contributed by atoms with van der Waals surface area (Å²) in [5.74, 6) is 0.737. The van der Waals surface area contributed by atoms with Crippen LogP contribution in [0.5, 0.6) is 0 Å². The normalized spacial score (nSPS) is 16.1. The van der Waals surface area contributed by atoms with Crippen molar-refractivity contribution in [2.75, 3.05) is 38.1 Å². The van der Waals surface area contributed by atoms with Gasteiger partial charge in [0.25, 0.3) is 0 Å². The Balaban J connectivity index is 1.86. The average Bonchev–Trinajstić information content (AvgIpc) is 2.52. The lowest BCUT2D eigenvalue weighted by molar-refractivity contribution is 0.311. The Hall–Kier alpha value is -1.07. The van der Waals surface area contributed by atoms with Crippen molar-refractivity contribution in [2.24, 2.45) is 0 Å². The Morgan fingerprint density at radius 1 is 0.955 bits per heavy atom. The second kappa shape index (κ2) is 6.59. The molecule has 0 N–H and O–H groups in total. The number of piperazine rings is 1. The summed E-state index contributed by atoms with van der Waals surface area (Å²) >= 11 is 18.3. The lowest BCUT2D eigenvalue weighted by Crippen LogP contribution is -2.45. The molecule has 1 saturated heterocycles. The highest BCUT2D eigenvalue weighted by Crippen LogP contribution is 2.36. The zero-order valence-electron chi connectivity index (χ0n) is 12.1. The number of likely N-dealkylation sites (N-methyl/N-ethyl adjacent to an activating group) is 1. The van der Waals surface area contributed by atoms with Crippen LogP contribution in [-0.2, 0) is 0 Å². The first-order valence-electron chi connectivity index (χ1n) is 6.95. The average molecular weight is 358 g/mol. The third kappa shape index (κ3) is 3.30. The molecule has 3 rings (SSSR count). The molecule has 1 fully saturated rings. The Kier molecular flexibility index (Phi) is 4.73. The molecule has 4 nitrogen and oxygen atoms in total. The van der Waals surface area contributed by atoms with E-state index < -0.39 is 0 Å². The fourth-order valence-corrected chi connectivity index (χ4v) is 3.11. The van der Waals surface area contributed by atoms with Crippen molar-refractivity contribution in [3.63, 3.8) is 0 Å². The van der Waals surface area contributed by atoms with E-state index in [9.17, 15) is 0 Å². The molecule has 0 radical (unpaired) electrons. The van der Waals surface area contributed by atoms with Crippen LogP contribution in [0.25, 0.3) is 11.1 Å². The first-order chi connectivity index (χ1) is 10.5. The summed E-state index contributed by atoms with van der Waals surface area (Å²) in [5.41, 5.74) is 1.54. The Morgan fingerprint density at radius 2 is 1.59 bits per heavy atom. The molecule has 1 aromatic carbocycles. The minimum Gasteiger partial charge on any atom is -0.338 e. The molecule has 2 aromatic rings. The number of hydrogen-bond donors (Lipinski definition) is 0. The van der Waals surface area contributed by atoms with Gasteiger partial charge in [-0.25, -0.2) is 9.97 Å². The van der Waals surface area contributed by atoms with E-state index in [1.54, 1.807) is 24.5 Å². The minimum absolute atomic E-state index is 0.423. The van der Waals surface area contributed by atoms with E-state index in [2.05, 4.69) is 26.8 Å². The molecule has 0 aliphatic carbocycles. The highest BCUT2D eigenvalue weighted by Gasteiger charge is 2.17. The monoisotopic (exact) mass is 356 g/mol. The van der Waals surface area contributed by atoms with Crippen LogP contribution in [0.1, 0.15) is 0 Å². The smallest absolute Gasteiger partial charge is 0.225 e. The maximum absolute atomic E-state index is 6.24. The van der Waals surface area contributed by atoms with Gasteiger partial charge in [0.1, 0.15) is 0 Å². The van der Waals surface area contributed by atoms with Gasteiger partial charge >= 0.3 is 0 Å². The number of hydrogen-bond acceptors (Lipinski definition) is 4. The van der Waals surface area contributed by atoms with Gasteiger partial charge in [-0.3, -0.25) is 0 Å². The van der Waals surface area contributed by atoms with Gasteiger partial charge in [0.05, 0.1) is 10.0 Å². The van der Waals surface area contributed by atoms with Gasteiger partial charge in [-0.05, 0) is 19.2 Å². The third-order valence-electron chi connectivity index (χ3n) is 3.73. The molecule has 1 aliphatic rings. The minimum atomic E-state index is 0.423. The van der Waals surface area contributed by atoms with E-state index in [0.717, 1.165) is 43.3 Å². The Morgan fingerprint density at radius 3 is 2.23 bits per heavy atom. The Labute approximate surface area is 144 Å². The van der Waals surface area contributed by atoms with Crippen molar-refractivity contribution in [1.82, 2.24) is 14.9 Å². The largest absolute Gasteiger partial charge is 0.338 e. The van der Waals surface area contributed by atoms with E-state index in [-0.39, 0.29) is 0 Å². The molecule has 0 bridgehead atoms. The van der Waals surface area contributed by atoms with E-state index >= 15 is 0 Å². The van der Waals surface area contributed by atoms with E-state index in [4.69, 9.17) is 34.8 Å². The summed E-state index contributed by atoms with van der Waals surface area (Å²) in [6.45, 7) is 3.89. The summed E-state index contributed by atoms with van der Waals surface area (Å²) in [6, 6.07) is 3.39. The number of nitrogens with zero attached hydrogens (tertiary/aromatic N) is 4. The predicted molar refractivity (Wildman–Crippen MR) is 92.2 cm³/mol. The fraction of sp³-hybridized carbons (Fsp3) is 0.333. The first-order valence-corrected chi connectivity index (χ1v) is 8.08. The molecule has 0 spiro atoms. The van der Waals surface area contributed by atoms with Crippen molar-refractivity contribution in [2.45, 2.75) is 0 Å². The predicted octanol–water partition coefficient (Wildman–Crippen LogP) is 3.86. The molecule has 22 heavy (non-hydrogen) atoms. The van der Waals surface area contributed by atoms with Gasteiger partial charge in [0.2, 0.25) is 5.95 Å². The van der Waals surface area contributed by atoms with Gasteiger partial charge < -0.3 is 9.80 Å². The number of aromatic nitrogens is 2. The summed E-state index contributed by atoms with van der Waals surface area (Å²) in [6.07, 6.45) is 3.52. The zero-order valence-corrected chi connectivity index (χ0v) is 14.3. The molecule has 7 heteroatoms. The summed E-state index contributed by atoms with van der Waals surface area (Å²) < 4.78 is 0. The molecule has 1 aliphatic heterocycles. The number of halogens is 3. The van der Waals surface area contributed by atoms with Gasteiger partial charge in [0.15, 0.2) is 0 Å². The SMILES string of the molecule is CN1CCN(c2ncc(-c3cc(Cl)cc(Cl)c3Cl)cn2)CC1. The van der Waals surface area contributed by atoms with Crippen LogP contribution in [-0.4, -0.2) is 48.1 Å². The highest BCUT2D eigenvalue weighted by atomic mass is 35.5. The van der Waals surface area contributed by atoms with Crippen LogP contribution < -0.4 is 4.90 Å². The van der Waals surface area contributed by atoms with Crippen molar-refractivity contribution in [1.29, 1.82) is 0 Å². The Bertz CT molecular complexity index is 667. The lowest BCUT2D eigenvalue weighted by atomic mass is 10.1. The van der Waals surface area contributed by atoms with Gasteiger partial charge in [-0.15, -0.1) is 0 Å². The third-order valence-corrected chi connectivity index (χ3v) is 4.75. The first kappa shape index (κ1) is 15.8. The molecule has 0 amide bonds. The molecule has 2 heterocycles. The van der Waals surface area contributed by atoms with E-state index in [0.29, 0.717) is 15.1 Å². The molecule has 0 saturated carbocycles. The van der Waals surface area contributed by atoms with Crippen molar-refractivity contribution >= 4 is 40.8 Å². The van der Waals surface area contributed by atoms with E-state index in [1.165, 1.54) is 0 Å². The summed E-state index contributed by atoms with van der Waals surface area (Å²) in [7, 11) is 2.12. The van der Waals surface area contributed by atoms with Gasteiger partial charge in [-0.2, -0.15) is 0 Å². The topological polar surface area (TPSA) is 32.3 Å². The van der Waals surface area contributed by atoms with Crippen molar-refractivity contribution < 1.29 is 0 Å². The van der Waals surface area contributed by atoms with Crippen LogP contribution in [0.2, 0.25) is 15.1 Å². The number of rotatable bonds is 2. The van der Waals surface area contributed by atoms with Crippen LogP contribution in [0.4, 0.5) is 5.95 Å². The molecule has 1 aromatic heterocycles. The van der Waals surface area contributed by atoms with Crippen LogP contribution in [0.3, 0.4) is 0 Å². The second-order valence-corrected chi connectivity index (χ2v) is 6.53. The molecular formula is C15H15Cl3N4.